The van der Waals surface area contributed by atoms with Crippen LogP contribution in [0.1, 0.15) is 41.7 Å². The number of anilines is 1. The van der Waals surface area contributed by atoms with Gasteiger partial charge in [-0.25, -0.2) is 0 Å². The Morgan fingerprint density at radius 2 is 1.28 bits per heavy atom. The number of hydrogen-bond acceptors (Lipinski definition) is 7. The van der Waals surface area contributed by atoms with Crippen molar-refractivity contribution in [2.45, 2.75) is 41.5 Å². The van der Waals surface area contributed by atoms with E-state index in [1.807, 2.05) is 36.1 Å². The monoisotopic (exact) mass is 733 g/mol. The van der Waals surface area contributed by atoms with Gasteiger partial charge in [-0.2, -0.15) is 25.3 Å². The van der Waals surface area contributed by atoms with Crippen molar-refractivity contribution < 1.29 is 38.9 Å². The van der Waals surface area contributed by atoms with Crippen LogP contribution in [-0.2, 0) is 43.3 Å². The van der Waals surface area contributed by atoms with E-state index in [1.54, 1.807) is 73.7 Å². The molecule has 13 heteroatoms. The van der Waals surface area contributed by atoms with Gasteiger partial charge >= 0.3 is 0 Å². The summed E-state index contributed by atoms with van der Waals surface area (Å²) in [5.74, 6) is 0. The highest BCUT2D eigenvalue weighted by Crippen LogP contribution is 2.29. The number of rotatable bonds is 11. The fourth-order valence-corrected chi connectivity index (χ4v) is 7.96. The summed E-state index contributed by atoms with van der Waals surface area (Å²) >= 11 is 0. The van der Waals surface area contributed by atoms with E-state index in [-0.39, 0.29) is 20.2 Å². The van der Waals surface area contributed by atoms with Gasteiger partial charge in [0.15, 0.2) is 0 Å². The first-order valence-electron chi connectivity index (χ1n) is 15.5. The van der Waals surface area contributed by atoms with Crippen LogP contribution in [0.15, 0.2) is 130 Å². The average Bonchev–Trinajstić information content (AvgIpc) is 3.07. The topological polar surface area (TPSA) is 166 Å². The zero-order chi connectivity index (χ0) is 36.3. The zero-order valence-electron chi connectivity index (χ0n) is 27.1. The first kappa shape index (κ1) is 36.6. The third-order valence-electron chi connectivity index (χ3n) is 8.23. The predicted molar refractivity (Wildman–Crippen MR) is 192 cm³/mol. The highest BCUT2D eigenvalue weighted by molar-refractivity contribution is 7.86. The van der Waals surface area contributed by atoms with Crippen LogP contribution in [0, 0.1) is 0 Å². The van der Waals surface area contributed by atoms with Gasteiger partial charge in [-0.1, -0.05) is 85.8 Å². The lowest BCUT2D eigenvalue weighted by molar-refractivity contribution is 0.480. The van der Waals surface area contributed by atoms with Crippen LogP contribution in [0.3, 0.4) is 0 Å². The van der Waals surface area contributed by atoms with Crippen molar-refractivity contribution >= 4 is 47.7 Å². The summed E-state index contributed by atoms with van der Waals surface area (Å²) in [5, 5.41) is 1.37. The predicted octanol–water partition coefficient (Wildman–Crippen LogP) is 5.09. The van der Waals surface area contributed by atoms with E-state index in [1.165, 1.54) is 30.3 Å². The minimum Gasteiger partial charge on any atom is -0.367 e. The highest BCUT2D eigenvalue weighted by atomic mass is 32.2. The molecule has 50 heavy (non-hydrogen) atoms. The maximum absolute atomic E-state index is 12.5. The summed E-state index contributed by atoms with van der Waals surface area (Å²) in [5.41, 5.74) is 4.04. The van der Waals surface area contributed by atoms with E-state index in [0.29, 0.717) is 52.6 Å². The van der Waals surface area contributed by atoms with Crippen molar-refractivity contribution in [3.05, 3.63) is 154 Å². The highest BCUT2D eigenvalue weighted by Gasteiger charge is 2.20. The lowest BCUT2D eigenvalue weighted by Gasteiger charge is -2.24. The summed E-state index contributed by atoms with van der Waals surface area (Å²) in [6.07, 6.45) is 2.16. The van der Waals surface area contributed by atoms with Crippen molar-refractivity contribution in [2.24, 2.45) is 0 Å². The lowest BCUT2D eigenvalue weighted by Crippen LogP contribution is -2.22. The molecule has 10 nitrogen and oxygen atoms in total. The summed E-state index contributed by atoms with van der Waals surface area (Å²) in [6, 6.07) is 31.5. The van der Waals surface area contributed by atoms with E-state index < -0.39 is 30.4 Å². The first-order chi connectivity index (χ1) is 23.6. The summed E-state index contributed by atoms with van der Waals surface area (Å²) < 4.78 is 102. The standard InChI is InChI=1S/C37H35NO9S3/c1-3-33-30(10-8-14-35(33)49(42,43)44)23-26-15-17-28(18-16-26)37(34-12-5-6-13-36(34)50(45,46)47)29-19-21-31(22-20-29)38(4-2)25-27-9-7-11-32(24-27)48(39,40)41/h5-24H,3-4,25H2,1-2H3,(H,39,40,41)(H,42,43,44)(H,45,46,47). The fraction of sp³-hybridized carbons (Fsp3) is 0.135. The average molecular weight is 734 g/mol. The first-order valence-corrected chi connectivity index (χ1v) is 19.8. The Morgan fingerprint density at radius 1 is 0.660 bits per heavy atom. The number of hydrogen-bond donors (Lipinski definition) is 3. The van der Waals surface area contributed by atoms with Crippen LogP contribution in [0.4, 0.5) is 5.69 Å². The molecule has 260 valence electrons. The second-order valence-corrected chi connectivity index (χ2v) is 15.7. The van der Waals surface area contributed by atoms with Gasteiger partial charge in [0.25, 0.3) is 30.4 Å². The normalized spacial score (nSPS) is 12.0. The van der Waals surface area contributed by atoms with Crippen LogP contribution < -0.4 is 15.3 Å². The maximum Gasteiger partial charge on any atom is 0.295 e. The molecule has 5 aromatic carbocycles. The summed E-state index contributed by atoms with van der Waals surface area (Å²) in [7, 11) is -13.4. The molecule has 0 saturated heterocycles. The van der Waals surface area contributed by atoms with Gasteiger partial charge in [0.1, 0.15) is 4.90 Å². The second kappa shape index (κ2) is 14.7. The molecule has 0 atom stereocenters. The van der Waals surface area contributed by atoms with Crippen molar-refractivity contribution in [3.63, 3.8) is 0 Å². The van der Waals surface area contributed by atoms with E-state index in [9.17, 15) is 38.9 Å². The van der Waals surface area contributed by atoms with Crippen molar-refractivity contribution in [1.29, 1.82) is 0 Å². The van der Waals surface area contributed by atoms with Crippen molar-refractivity contribution in [2.75, 3.05) is 11.4 Å². The molecule has 0 spiro atoms. The zero-order valence-corrected chi connectivity index (χ0v) is 29.6. The Hall–Kier alpha value is -4.63. The molecule has 0 fully saturated rings. The number of benzene rings is 5. The number of nitrogens with zero attached hydrogens (tertiary/aromatic N) is 1. The SMILES string of the molecule is CCc1c(C=c2ccc(=C(c3ccc(N(CC)Cc4cccc(S(=O)(=O)O)c4)cc3)c3ccccc3S(=O)(=O)O)cc2)cccc1S(=O)(=O)O. The molecule has 0 radical (unpaired) electrons. The van der Waals surface area contributed by atoms with Gasteiger partial charge < -0.3 is 4.90 Å². The van der Waals surface area contributed by atoms with Crippen molar-refractivity contribution in [1.82, 2.24) is 0 Å². The molecule has 0 aliphatic carbocycles. The molecule has 0 amide bonds. The van der Waals surface area contributed by atoms with Gasteiger partial charge in [0, 0.05) is 24.3 Å². The van der Waals surface area contributed by atoms with Crippen LogP contribution in [0.5, 0.6) is 0 Å². The van der Waals surface area contributed by atoms with Gasteiger partial charge in [-0.3, -0.25) is 13.7 Å². The van der Waals surface area contributed by atoms with Gasteiger partial charge in [-0.05, 0) is 94.1 Å². The maximum atomic E-state index is 12.5. The summed E-state index contributed by atoms with van der Waals surface area (Å²) in [4.78, 5) is 1.39. The van der Waals surface area contributed by atoms with Crippen LogP contribution in [0.2, 0.25) is 0 Å². The van der Waals surface area contributed by atoms with E-state index >= 15 is 0 Å². The molecule has 0 heterocycles. The van der Waals surface area contributed by atoms with E-state index in [0.717, 1.165) is 10.9 Å². The molecular formula is C37H35NO9S3. The molecule has 0 unspecified atom stereocenters. The third kappa shape index (κ3) is 8.38. The Balaban J connectivity index is 1.62. The van der Waals surface area contributed by atoms with Gasteiger partial charge in [0.05, 0.1) is 9.79 Å². The minimum atomic E-state index is -4.61. The van der Waals surface area contributed by atoms with Gasteiger partial charge in [-0.15, -0.1) is 0 Å². The molecule has 0 aliphatic rings. The summed E-state index contributed by atoms with van der Waals surface area (Å²) in [6.45, 7) is 4.67. The van der Waals surface area contributed by atoms with Crippen molar-refractivity contribution in [3.8, 4) is 0 Å². The fourth-order valence-electron chi connectivity index (χ4n) is 5.89. The second-order valence-electron chi connectivity index (χ2n) is 11.4. The smallest absolute Gasteiger partial charge is 0.295 e. The molecule has 5 aromatic rings. The van der Waals surface area contributed by atoms with Crippen LogP contribution >= 0.6 is 0 Å². The molecule has 0 bridgehead atoms. The third-order valence-corrected chi connectivity index (χ3v) is 10.9. The van der Waals surface area contributed by atoms with Crippen LogP contribution in [-0.4, -0.2) is 45.5 Å². The largest absolute Gasteiger partial charge is 0.367 e. The molecule has 0 aromatic heterocycles. The Morgan fingerprint density at radius 3 is 1.88 bits per heavy atom. The Kier molecular flexibility index (Phi) is 10.8. The molecule has 5 rings (SSSR count). The quantitative estimate of drug-likeness (QED) is 0.156. The molecule has 0 aliphatic heterocycles. The van der Waals surface area contributed by atoms with E-state index in [4.69, 9.17) is 0 Å². The Bertz CT molecular complexity index is 2490. The lowest BCUT2D eigenvalue weighted by atomic mass is 9.94. The Labute approximate surface area is 291 Å². The molecule has 3 N–H and O–H groups in total. The molecular weight excluding hydrogens is 699 g/mol. The molecule has 0 saturated carbocycles. The van der Waals surface area contributed by atoms with E-state index in [2.05, 4.69) is 0 Å². The minimum absolute atomic E-state index is 0.153. The van der Waals surface area contributed by atoms with Gasteiger partial charge in [0.2, 0.25) is 0 Å². The van der Waals surface area contributed by atoms with Crippen LogP contribution in [0.25, 0.3) is 11.6 Å².